The van der Waals surface area contributed by atoms with Crippen molar-refractivity contribution in [1.82, 2.24) is 0 Å². The van der Waals surface area contributed by atoms with Crippen LogP contribution < -0.4 is 4.74 Å². The number of ether oxygens (including phenoxy) is 3. The third kappa shape index (κ3) is 4.08. The lowest BCUT2D eigenvalue weighted by Gasteiger charge is -2.36. The Balaban J connectivity index is 1.43. The Kier molecular flexibility index (Phi) is 5.46. The summed E-state index contributed by atoms with van der Waals surface area (Å²) in [6.45, 7) is 6.01. The predicted octanol–water partition coefficient (Wildman–Crippen LogP) is 4.89. The number of fused-ring (bicyclic) bond motifs is 1. The van der Waals surface area contributed by atoms with Gasteiger partial charge in [-0.25, -0.2) is 4.79 Å². The summed E-state index contributed by atoms with van der Waals surface area (Å²) in [4.78, 5) is 25.8. The molecule has 29 heavy (non-hydrogen) atoms. The van der Waals surface area contributed by atoms with E-state index in [1.54, 1.807) is 6.07 Å². The van der Waals surface area contributed by atoms with E-state index in [0.717, 1.165) is 16.7 Å². The van der Waals surface area contributed by atoms with E-state index < -0.39 is 0 Å². The molecule has 2 aliphatic rings. The zero-order valence-corrected chi connectivity index (χ0v) is 17.6. The molecule has 4 rings (SSSR count). The molecule has 1 saturated carbocycles. The van der Waals surface area contributed by atoms with E-state index >= 15 is 0 Å². The van der Waals surface area contributed by atoms with Gasteiger partial charge in [-0.3, -0.25) is 4.79 Å². The number of ketones is 1. The van der Waals surface area contributed by atoms with E-state index in [0.29, 0.717) is 29.9 Å². The van der Waals surface area contributed by atoms with Crippen LogP contribution in [0.1, 0.15) is 45.6 Å². The molecule has 1 aliphatic heterocycles. The van der Waals surface area contributed by atoms with Crippen LogP contribution in [-0.4, -0.2) is 24.0 Å². The van der Waals surface area contributed by atoms with Gasteiger partial charge in [-0.2, -0.15) is 0 Å². The highest BCUT2D eigenvalue weighted by Crippen LogP contribution is 2.36. The van der Waals surface area contributed by atoms with Crippen molar-refractivity contribution in [1.29, 1.82) is 0 Å². The molecule has 1 aromatic carbocycles. The van der Waals surface area contributed by atoms with Crippen molar-refractivity contribution in [3.8, 4) is 5.75 Å². The number of benzene rings is 1. The van der Waals surface area contributed by atoms with Gasteiger partial charge in [-0.05, 0) is 67.8 Å². The van der Waals surface area contributed by atoms with Crippen molar-refractivity contribution in [2.75, 3.05) is 0 Å². The highest BCUT2D eigenvalue weighted by Gasteiger charge is 2.42. The second-order valence-electron chi connectivity index (χ2n) is 7.75. The number of hydrogen-bond acceptors (Lipinski definition) is 6. The first-order valence-electron chi connectivity index (χ1n) is 9.82. The first kappa shape index (κ1) is 19.7. The molecule has 1 aromatic heterocycles. The summed E-state index contributed by atoms with van der Waals surface area (Å²) in [6.07, 6.45) is 2.66. The van der Waals surface area contributed by atoms with E-state index in [-0.39, 0.29) is 35.6 Å². The molecule has 5 nitrogen and oxygen atoms in total. The number of rotatable bonds is 4. The molecule has 0 saturated heterocycles. The summed E-state index contributed by atoms with van der Waals surface area (Å²) in [6, 6.07) is 7.60. The van der Waals surface area contributed by atoms with E-state index in [4.69, 9.17) is 14.2 Å². The lowest BCUT2D eigenvalue weighted by Crippen LogP contribution is -2.43. The van der Waals surface area contributed by atoms with Crippen molar-refractivity contribution in [2.24, 2.45) is 5.92 Å². The first-order chi connectivity index (χ1) is 13.9. The molecular weight excluding hydrogens is 388 g/mol. The Bertz CT molecular complexity index is 960. The molecule has 0 N–H and O–H groups in total. The third-order valence-corrected chi connectivity index (χ3v) is 6.50. The van der Waals surface area contributed by atoms with E-state index in [1.165, 1.54) is 17.6 Å². The molecule has 3 unspecified atom stereocenters. The summed E-state index contributed by atoms with van der Waals surface area (Å²) in [7, 11) is 0. The van der Waals surface area contributed by atoms with Crippen LogP contribution in [0.2, 0.25) is 0 Å². The lowest BCUT2D eigenvalue weighted by molar-refractivity contribution is -0.132. The molecular formula is C23H24O5S. The van der Waals surface area contributed by atoms with Crippen LogP contribution in [0.4, 0.5) is 0 Å². The molecule has 152 valence electrons. The van der Waals surface area contributed by atoms with E-state index in [1.807, 2.05) is 38.3 Å². The summed E-state index contributed by atoms with van der Waals surface area (Å²) >= 11 is 1.36. The van der Waals surface area contributed by atoms with Crippen LogP contribution in [0.15, 0.2) is 41.7 Å². The minimum Gasteiger partial charge on any atom is -0.493 e. The molecule has 2 heterocycles. The summed E-state index contributed by atoms with van der Waals surface area (Å²) < 4.78 is 17.4. The van der Waals surface area contributed by atoms with Crippen LogP contribution >= 0.6 is 11.3 Å². The van der Waals surface area contributed by atoms with Gasteiger partial charge in [0.15, 0.2) is 0 Å². The number of allylic oxidation sites excluding steroid dienone is 1. The number of carbonyl (C=O) groups is 2. The minimum atomic E-state index is -0.310. The lowest BCUT2D eigenvalue weighted by atomic mass is 9.80. The molecule has 0 spiro atoms. The largest absolute Gasteiger partial charge is 0.493 e. The summed E-state index contributed by atoms with van der Waals surface area (Å²) in [5, 5.41) is 1.85. The minimum absolute atomic E-state index is 0.0390. The number of hydrogen-bond donors (Lipinski definition) is 0. The van der Waals surface area contributed by atoms with Crippen LogP contribution in [0.25, 0.3) is 0 Å². The van der Waals surface area contributed by atoms with Gasteiger partial charge in [0.05, 0.1) is 5.92 Å². The first-order valence-corrected chi connectivity index (χ1v) is 10.7. The molecule has 2 aromatic rings. The Morgan fingerprint density at radius 2 is 2.03 bits per heavy atom. The zero-order valence-electron chi connectivity index (χ0n) is 16.8. The van der Waals surface area contributed by atoms with Gasteiger partial charge < -0.3 is 14.2 Å². The van der Waals surface area contributed by atoms with Gasteiger partial charge >= 0.3 is 5.97 Å². The van der Waals surface area contributed by atoms with Gasteiger partial charge in [0, 0.05) is 6.42 Å². The van der Waals surface area contributed by atoms with Crippen molar-refractivity contribution in [2.45, 2.75) is 52.2 Å². The van der Waals surface area contributed by atoms with Crippen LogP contribution in [0, 0.1) is 26.7 Å². The number of thiophene rings is 1. The van der Waals surface area contributed by atoms with Crippen LogP contribution in [0.3, 0.4) is 0 Å². The van der Waals surface area contributed by atoms with Gasteiger partial charge in [0.2, 0.25) is 11.5 Å². The number of carbonyl (C=O) groups excluding carboxylic acids is 2. The zero-order chi connectivity index (χ0) is 20.5. The molecule has 1 fully saturated rings. The normalized spacial score (nSPS) is 23.6. The Morgan fingerprint density at radius 3 is 2.79 bits per heavy atom. The van der Waals surface area contributed by atoms with Crippen molar-refractivity contribution >= 4 is 23.1 Å². The topological polar surface area (TPSA) is 61.8 Å². The number of esters is 1. The molecule has 6 heteroatoms. The van der Waals surface area contributed by atoms with E-state index in [9.17, 15) is 9.59 Å². The fourth-order valence-electron chi connectivity index (χ4n) is 3.94. The molecule has 1 aliphatic carbocycles. The summed E-state index contributed by atoms with van der Waals surface area (Å²) in [5.41, 5.74) is 3.21. The maximum absolute atomic E-state index is 13.0. The monoisotopic (exact) mass is 412 g/mol. The van der Waals surface area contributed by atoms with Gasteiger partial charge in [0.25, 0.3) is 0 Å². The second-order valence-corrected chi connectivity index (χ2v) is 8.70. The van der Waals surface area contributed by atoms with Gasteiger partial charge in [-0.15, -0.1) is 11.3 Å². The third-order valence-electron chi connectivity index (χ3n) is 5.65. The van der Waals surface area contributed by atoms with Crippen molar-refractivity contribution in [3.63, 3.8) is 0 Å². The maximum Gasteiger partial charge on any atom is 0.348 e. The Labute approximate surface area is 174 Å². The standard InChI is InChI=1S/C23H24O5S/c1-13-9-14(2)15(3)18(10-13)28-20-12-26-19-11-16(6-7-17(19)22(20)24)27-23(25)21-5-4-8-29-21/h4-5,8-10,12,16-17,19H,6-7,11H2,1-3H3. The average Bonchev–Trinajstić information content (AvgIpc) is 3.23. The highest BCUT2D eigenvalue weighted by atomic mass is 32.1. The molecule has 3 atom stereocenters. The molecule has 0 amide bonds. The fraction of sp³-hybridized carbons (Fsp3) is 0.391. The second kappa shape index (κ2) is 8.03. The molecule has 0 radical (unpaired) electrons. The Hall–Kier alpha value is -2.60. The average molecular weight is 413 g/mol. The van der Waals surface area contributed by atoms with Crippen molar-refractivity contribution < 1.29 is 23.8 Å². The van der Waals surface area contributed by atoms with Crippen LogP contribution in [-0.2, 0) is 14.3 Å². The number of Topliss-reactive ketones (excluding diaryl/α,β-unsaturated/α-hetero) is 1. The smallest absolute Gasteiger partial charge is 0.348 e. The molecule has 0 bridgehead atoms. The quantitative estimate of drug-likeness (QED) is 0.670. The fourth-order valence-corrected chi connectivity index (χ4v) is 4.55. The highest BCUT2D eigenvalue weighted by molar-refractivity contribution is 7.11. The van der Waals surface area contributed by atoms with Gasteiger partial charge in [-0.1, -0.05) is 12.1 Å². The van der Waals surface area contributed by atoms with E-state index in [2.05, 4.69) is 6.07 Å². The summed E-state index contributed by atoms with van der Waals surface area (Å²) in [5.74, 6) is 0.312. The Morgan fingerprint density at radius 1 is 1.21 bits per heavy atom. The van der Waals surface area contributed by atoms with Crippen LogP contribution in [0.5, 0.6) is 5.75 Å². The SMILES string of the molecule is Cc1cc(C)c(C)c(OC2=COC3CC(OC(=O)c4cccs4)CCC3C2=O)c1. The van der Waals surface area contributed by atoms with Crippen molar-refractivity contribution in [3.05, 3.63) is 63.2 Å². The number of aryl methyl sites for hydroxylation is 2. The predicted molar refractivity (Wildman–Crippen MR) is 110 cm³/mol. The van der Waals surface area contributed by atoms with Gasteiger partial charge in [0.1, 0.15) is 29.1 Å². The maximum atomic E-state index is 13.0.